The van der Waals surface area contributed by atoms with Crippen molar-refractivity contribution in [1.82, 2.24) is 5.32 Å². The Kier molecular flexibility index (Phi) is 22.3. The third-order valence-corrected chi connectivity index (χ3v) is 4.81. The summed E-state index contributed by atoms with van der Waals surface area (Å²) in [6.07, 6.45) is 6.03. The topological polar surface area (TPSA) is 24.1 Å². The number of nitrogens with one attached hydrogen (secondary N) is 2. The van der Waals surface area contributed by atoms with Crippen molar-refractivity contribution >= 4 is 18.3 Å². The maximum atomic E-state index is 4.39. The maximum absolute atomic E-state index is 4.39. The Bertz CT molecular complexity index is 532. The van der Waals surface area contributed by atoms with Crippen LogP contribution in [0.3, 0.4) is 0 Å². The van der Waals surface area contributed by atoms with Gasteiger partial charge in [-0.1, -0.05) is 82.9 Å². The van der Waals surface area contributed by atoms with Gasteiger partial charge in [0.25, 0.3) is 0 Å². The Morgan fingerprint density at radius 3 is 2.07 bits per heavy atom. The minimum atomic E-state index is 0.842. The lowest BCUT2D eigenvalue weighted by Gasteiger charge is -2.12. The Balaban J connectivity index is 0. The van der Waals surface area contributed by atoms with E-state index in [-0.39, 0.29) is 0 Å². The van der Waals surface area contributed by atoms with Crippen molar-refractivity contribution in [2.75, 3.05) is 30.7 Å². The molecule has 0 aromatic heterocycles. The lowest BCUT2D eigenvalue weighted by molar-refractivity contribution is 0.739. The second-order valence-corrected chi connectivity index (χ2v) is 7.34. The monoisotopic (exact) mass is 420 g/mol. The highest BCUT2D eigenvalue weighted by Crippen LogP contribution is 2.22. The Hall–Kier alpha value is -1.19. The summed E-state index contributed by atoms with van der Waals surface area (Å²) in [6, 6.07) is 8.47. The van der Waals surface area contributed by atoms with E-state index in [9.17, 15) is 0 Å². The number of hydrogen-bond donors (Lipinski definition) is 3. The van der Waals surface area contributed by atoms with Gasteiger partial charge >= 0.3 is 0 Å². The number of hydrogen-bond acceptors (Lipinski definition) is 3. The Morgan fingerprint density at radius 1 is 0.966 bits per heavy atom. The van der Waals surface area contributed by atoms with Gasteiger partial charge in [-0.3, -0.25) is 0 Å². The van der Waals surface area contributed by atoms with E-state index < -0.39 is 0 Å². The molecule has 0 unspecified atom stereocenters. The van der Waals surface area contributed by atoms with Gasteiger partial charge in [-0.25, -0.2) is 0 Å². The van der Waals surface area contributed by atoms with Gasteiger partial charge < -0.3 is 10.6 Å². The van der Waals surface area contributed by atoms with Gasteiger partial charge in [0.1, 0.15) is 0 Å². The molecule has 2 N–H and O–H groups in total. The number of anilines is 1. The van der Waals surface area contributed by atoms with Crippen LogP contribution in [0.2, 0.25) is 0 Å². The molecule has 0 atom stereocenters. The van der Waals surface area contributed by atoms with Crippen LogP contribution in [0.1, 0.15) is 79.2 Å². The van der Waals surface area contributed by atoms with E-state index in [0.717, 1.165) is 31.8 Å². The van der Waals surface area contributed by atoms with Crippen molar-refractivity contribution in [3.05, 3.63) is 53.1 Å². The molecule has 1 aromatic rings. The zero-order chi connectivity index (χ0) is 22.5. The predicted molar refractivity (Wildman–Crippen MR) is 140 cm³/mol. The molecule has 0 bridgehead atoms. The quantitative estimate of drug-likeness (QED) is 0.182. The summed E-state index contributed by atoms with van der Waals surface area (Å²) in [6.45, 7) is 22.0. The van der Waals surface area contributed by atoms with Crippen molar-refractivity contribution in [2.45, 2.75) is 80.6 Å². The van der Waals surface area contributed by atoms with Gasteiger partial charge in [-0.2, -0.15) is 12.6 Å². The molecule has 3 heteroatoms. The Labute approximate surface area is 188 Å². The van der Waals surface area contributed by atoms with Crippen LogP contribution in [-0.4, -0.2) is 25.4 Å². The minimum Gasteiger partial charge on any atom is -0.384 e. The molecule has 0 aliphatic rings. The van der Waals surface area contributed by atoms with Crippen LogP contribution in [0.25, 0.3) is 0 Å². The van der Waals surface area contributed by atoms with Crippen LogP contribution in [0, 0.1) is 6.92 Å². The SMILES string of the molecule is C=C(CCC)/C(CS)=C(\C)CCCC.CC.CCNCCNc1ccc(C)cc1. The first-order chi connectivity index (χ1) is 14.0. The first kappa shape index (κ1) is 30.0. The van der Waals surface area contributed by atoms with Gasteiger partial charge in [0.05, 0.1) is 0 Å². The van der Waals surface area contributed by atoms with E-state index in [1.165, 1.54) is 53.7 Å². The summed E-state index contributed by atoms with van der Waals surface area (Å²) in [7, 11) is 0. The smallest absolute Gasteiger partial charge is 0.0340 e. The summed E-state index contributed by atoms with van der Waals surface area (Å²) >= 11 is 4.39. The van der Waals surface area contributed by atoms with Crippen molar-refractivity contribution in [3.8, 4) is 0 Å². The Morgan fingerprint density at radius 2 is 1.59 bits per heavy atom. The number of rotatable bonds is 12. The normalized spacial score (nSPS) is 10.8. The second kappa shape index (κ2) is 21.5. The molecule has 0 heterocycles. The standard InChI is InChI=1S/C13H24S.C11H18N2.C2H6/c1-5-7-9-12(4)13(10-14)11(3)8-6-2;1-3-12-8-9-13-11-6-4-10(2)5-7-11;1-2/h14H,3,5-10H2,1-2,4H3;4-7,12-13H,3,8-9H2,1-2H3;1-2H3/b13-12+;;. The highest BCUT2D eigenvalue weighted by atomic mass is 32.1. The fourth-order valence-corrected chi connectivity index (χ4v) is 3.23. The number of unbranched alkanes of at least 4 members (excludes halogenated alkanes) is 1. The summed E-state index contributed by atoms with van der Waals surface area (Å²) in [5.74, 6) is 0.842. The largest absolute Gasteiger partial charge is 0.384 e. The van der Waals surface area contributed by atoms with Crippen molar-refractivity contribution in [2.24, 2.45) is 0 Å². The van der Waals surface area contributed by atoms with E-state index in [2.05, 4.69) is 88.7 Å². The van der Waals surface area contributed by atoms with Crippen LogP contribution in [-0.2, 0) is 0 Å². The van der Waals surface area contributed by atoms with Crippen molar-refractivity contribution < 1.29 is 0 Å². The highest BCUT2D eigenvalue weighted by molar-refractivity contribution is 7.80. The van der Waals surface area contributed by atoms with Gasteiger partial charge in [0, 0.05) is 24.5 Å². The number of allylic oxidation sites excluding steroid dienone is 2. The van der Waals surface area contributed by atoms with Crippen LogP contribution >= 0.6 is 12.6 Å². The summed E-state index contributed by atoms with van der Waals surface area (Å²) in [5.41, 5.74) is 6.67. The summed E-state index contributed by atoms with van der Waals surface area (Å²) in [4.78, 5) is 0. The molecule has 1 aromatic carbocycles. The van der Waals surface area contributed by atoms with Crippen LogP contribution in [0.4, 0.5) is 5.69 Å². The summed E-state index contributed by atoms with van der Waals surface area (Å²) in [5, 5.41) is 6.61. The molecule has 0 fully saturated rings. The van der Waals surface area contributed by atoms with Crippen LogP contribution in [0.5, 0.6) is 0 Å². The van der Waals surface area contributed by atoms with Gasteiger partial charge in [0.2, 0.25) is 0 Å². The average molecular weight is 421 g/mol. The van der Waals surface area contributed by atoms with E-state index in [1.54, 1.807) is 0 Å². The lowest BCUT2D eigenvalue weighted by atomic mass is 9.97. The third kappa shape index (κ3) is 16.3. The van der Waals surface area contributed by atoms with Crippen molar-refractivity contribution in [1.29, 1.82) is 0 Å². The maximum Gasteiger partial charge on any atom is 0.0340 e. The highest BCUT2D eigenvalue weighted by Gasteiger charge is 2.04. The lowest BCUT2D eigenvalue weighted by Crippen LogP contribution is -2.21. The molecule has 0 radical (unpaired) electrons. The number of aryl methyl sites for hydroxylation is 1. The first-order valence-corrected chi connectivity index (χ1v) is 12.1. The van der Waals surface area contributed by atoms with Gasteiger partial charge in [0.15, 0.2) is 0 Å². The first-order valence-electron chi connectivity index (χ1n) is 11.5. The van der Waals surface area contributed by atoms with Gasteiger partial charge in [-0.05, 0) is 57.4 Å². The number of benzene rings is 1. The van der Waals surface area contributed by atoms with Crippen molar-refractivity contribution in [3.63, 3.8) is 0 Å². The number of likely N-dealkylation sites (N-methyl/N-ethyl adjacent to an activating group) is 1. The number of thiol groups is 1. The van der Waals surface area contributed by atoms with Crippen LogP contribution in [0.15, 0.2) is 47.6 Å². The fourth-order valence-electron chi connectivity index (χ4n) is 2.74. The van der Waals surface area contributed by atoms with Gasteiger partial charge in [-0.15, -0.1) is 0 Å². The van der Waals surface area contributed by atoms with E-state index in [0.29, 0.717) is 0 Å². The molecule has 0 spiro atoms. The van der Waals surface area contributed by atoms with E-state index in [4.69, 9.17) is 0 Å². The molecular weight excluding hydrogens is 372 g/mol. The second-order valence-electron chi connectivity index (χ2n) is 7.02. The molecule has 2 nitrogen and oxygen atoms in total. The summed E-state index contributed by atoms with van der Waals surface area (Å²) < 4.78 is 0. The molecule has 0 saturated heterocycles. The predicted octanol–water partition coefficient (Wildman–Crippen LogP) is 7.82. The zero-order valence-electron chi connectivity index (χ0n) is 20.3. The average Bonchev–Trinajstić information content (AvgIpc) is 2.73. The minimum absolute atomic E-state index is 0.842. The molecule has 1 rings (SSSR count). The molecule has 0 amide bonds. The van der Waals surface area contributed by atoms with E-state index in [1.807, 2.05) is 13.8 Å². The molecular formula is C26H48N2S. The van der Waals surface area contributed by atoms with E-state index >= 15 is 0 Å². The zero-order valence-corrected chi connectivity index (χ0v) is 21.2. The molecule has 29 heavy (non-hydrogen) atoms. The van der Waals surface area contributed by atoms with Crippen LogP contribution < -0.4 is 10.6 Å². The fraction of sp³-hybridized carbons (Fsp3) is 0.615. The molecule has 0 aliphatic carbocycles. The molecule has 168 valence electrons. The third-order valence-electron chi connectivity index (χ3n) is 4.49. The molecule has 0 saturated carbocycles. The molecule has 0 aliphatic heterocycles.